The Morgan fingerprint density at radius 3 is 2.69 bits per heavy atom. The number of carbonyl (C=O) groups excluding carboxylic acids is 1. The van der Waals surface area contributed by atoms with Crippen LogP contribution >= 0.6 is 0 Å². The molecular formula is C25H30N4O3. The van der Waals surface area contributed by atoms with Gasteiger partial charge in [-0.15, -0.1) is 5.10 Å². The monoisotopic (exact) mass is 434 g/mol. The molecule has 0 N–H and O–H groups in total. The van der Waals surface area contributed by atoms with E-state index < -0.39 is 0 Å². The van der Waals surface area contributed by atoms with Gasteiger partial charge in [-0.2, -0.15) is 0 Å². The van der Waals surface area contributed by atoms with Gasteiger partial charge in [0, 0.05) is 28.6 Å². The normalized spacial score (nSPS) is 19.6. The van der Waals surface area contributed by atoms with Crippen LogP contribution in [-0.4, -0.2) is 46.4 Å². The molecule has 2 heterocycles. The minimum atomic E-state index is -0.351. The van der Waals surface area contributed by atoms with Gasteiger partial charge in [-0.05, 0) is 64.2 Å². The third-order valence-corrected chi connectivity index (χ3v) is 6.40. The van der Waals surface area contributed by atoms with Gasteiger partial charge < -0.3 is 14.4 Å². The van der Waals surface area contributed by atoms with Crippen molar-refractivity contribution in [3.63, 3.8) is 0 Å². The Kier molecular flexibility index (Phi) is 5.52. The first-order valence-electron chi connectivity index (χ1n) is 11.5. The Balaban J connectivity index is 1.32. The standard InChI is InChI=1S/C25H30N4O3/c1-17(2)29(22-12-20(5-4-18(22)3)9-8-19-6-7-19)24(30)21-13-28(27-26-21)14-23-31-15-25(10-11-25)16-32-23/h4-5,12-13,17,19,23H,6-7,10-11,14-16H2,1-3H3. The molecule has 1 aromatic heterocycles. The van der Waals surface area contributed by atoms with Crippen molar-refractivity contribution in [3.8, 4) is 11.8 Å². The minimum absolute atomic E-state index is 0.0438. The van der Waals surface area contributed by atoms with Crippen molar-refractivity contribution in [2.75, 3.05) is 18.1 Å². The van der Waals surface area contributed by atoms with Crippen molar-refractivity contribution in [1.82, 2.24) is 15.0 Å². The lowest BCUT2D eigenvalue weighted by molar-refractivity contribution is -0.213. The van der Waals surface area contributed by atoms with Crippen molar-refractivity contribution in [2.45, 2.75) is 65.3 Å². The number of nitrogens with zero attached hydrogens (tertiary/aromatic N) is 4. The average Bonchev–Trinajstić information content (AvgIpc) is 3.70. The van der Waals surface area contributed by atoms with Crippen molar-refractivity contribution in [1.29, 1.82) is 0 Å². The predicted molar refractivity (Wildman–Crippen MR) is 120 cm³/mol. The van der Waals surface area contributed by atoms with Gasteiger partial charge in [-0.1, -0.05) is 23.1 Å². The average molecular weight is 435 g/mol. The Hall–Kier alpha value is -2.69. The maximum atomic E-state index is 13.4. The fourth-order valence-corrected chi connectivity index (χ4v) is 3.94. The Labute approximate surface area is 189 Å². The third kappa shape index (κ3) is 4.57. The molecule has 1 spiro atoms. The van der Waals surface area contributed by atoms with Gasteiger partial charge in [0.1, 0.15) is 0 Å². The van der Waals surface area contributed by atoms with E-state index >= 15 is 0 Å². The highest BCUT2D eigenvalue weighted by Gasteiger charge is 2.47. The molecule has 0 radical (unpaired) electrons. The molecule has 5 rings (SSSR count). The maximum absolute atomic E-state index is 13.4. The van der Waals surface area contributed by atoms with Crippen LogP contribution in [-0.2, 0) is 16.0 Å². The van der Waals surface area contributed by atoms with E-state index in [1.54, 1.807) is 15.8 Å². The number of aryl methyl sites for hydroxylation is 1. The van der Waals surface area contributed by atoms with Gasteiger partial charge in [0.15, 0.2) is 12.0 Å². The lowest BCUT2D eigenvalue weighted by Gasteiger charge is -2.29. The van der Waals surface area contributed by atoms with Crippen molar-refractivity contribution >= 4 is 11.6 Å². The first kappa shape index (κ1) is 21.2. The summed E-state index contributed by atoms with van der Waals surface area (Å²) in [5, 5.41) is 8.31. The van der Waals surface area contributed by atoms with E-state index in [1.165, 1.54) is 25.7 Å². The summed E-state index contributed by atoms with van der Waals surface area (Å²) in [7, 11) is 0. The molecule has 1 amide bonds. The summed E-state index contributed by atoms with van der Waals surface area (Å²) in [6.45, 7) is 7.90. The number of ether oxygens (including phenoxy) is 2. The summed E-state index contributed by atoms with van der Waals surface area (Å²) in [6, 6.07) is 6.00. The van der Waals surface area contributed by atoms with E-state index in [0.717, 1.165) is 30.0 Å². The highest BCUT2D eigenvalue weighted by Crippen LogP contribution is 2.48. The summed E-state index contributed by atoms with van der Waals surface area (Å²) < 4.78 is 13.3. The quantitative estimate of drug-likeness (QED) is 0.673. The number of aromatic nitrogens is 3. The fraction of sp³-hybridized carbons (Fsp3) is 0.560. The number of rotatable bonds is 5. The molecule has 3 fully saturated rings. The van der Waals surface area contributed by atoms with E-state index in [2.05, 4.69) is 22.2 Å². The fourth-order valence-electron chi connectivity index (χ4n) is 3.94. The molecule has 7 heteroatoms. The number of carbonyl (C=O) groups is 1. The van der Waals surface area contributed by atoms with Gasteiger partial charge in [-0.25, -0.2) is 4.68 Å². The molecule has 0 bridgehead atoms. The minimum Gasteiger partial charge on any atom is -0.350 e. The molecule has 2 aromatic rings. The molecule has 1 aromatic carbocycles. The molecule has 1 saturated heterocycles. The summed E-state index contributed by atoms with van der Waals surface area (Å²) in [5.41, 5.74) is 3.37. The van der Waals surface area contributed by atoms with E-state index in [0.29, 0.717) is 18.2 Å². The van der Waals surface area contributed by atoms with E-state index in [9.17, 15) is 4.79 Å². The lowest BCUT2D eigenvalue weighted by atomic mass is 10.1. The largest absolute Gasteiger partial charge is 0.350 e. The Bertz CT molecular complexity index is 1060. The zero-order valence-corrected chi connectivity index (χ0v) is 19.0. The van der Waals surface area contributed by atoms with Gasteiger partial charge in [-0.3, -0.25) is 4.79 Å². The summed E-state index contributed by atoms with van der Waals surface area (Å²) in [5.74, 6) is 6.91. The second-order valence-corrected chi connectivity index (χ2v) is 9.69. The summed E-state index contributed by atoms with van der Waals surface area (Å²) in [4.78, 5) is 15.2. The molecule has 0 unspecified atom stereocenters. The van der Waals surface area contributed by atoms with Crippen molar-refractivity contribution < 1.29 is 14.3 Å². The Morgan fingerprint density at radius 1 is 1.28 bits per heavy atom. The molecule has 2 aliphatic carbocycles. The maximum Gasteiger partial charge on any atom is 0.280 e. The zero-order valence-electron chi connectivity index (χ0n) is 19.0. The van der Waals surface area contributed by atoms with E-state index in [1.807, 2.05) is 39.0 Å². The van der Waals surface area contributed by atoms with Crippen LogP contribution < -0.4 is 4.90 Å². The predicted octanol–water partition coefficient (Wildman–Crippen LogP) is 3.56. The van der Waals surface area contributed by atoms with Crippen LogP contribution in [0.5, 0.6) is 0 Å². The molecule has 1 aliphatic heterocycles. The van der Waals surface area contributed by atoms with Crippen LogP contribution in [0.3, 0.4) is 0 Å². The second-order valence-electron chi connectivity index (χ2n) is 9.69. The molecule has 32 heavy (non-hydrogen) atoms. The van der Waals surface area contributed by atoms with Gasteiger partial charge >= 0.3 is 0 Å². The third-order valence-electron chi connectivity index (χ3n) is 6.40. The van der Waals surface area contributed by atoms with Crippen LogP contribution in [0, 0.1) is 30.1 Å². The topological polar surface area (TPSA) is 69.5 Å². The number of amides is 1. The van der Waals surface area contributed by atoms with Crippen LogP contribution in [0.15, 0.2) is 24.4 Å². The van der Waals surface area contributed by atoms with Gasteiger partial charge in [0.25, 0.3) is 5.91 Å². The van der Waals surface area contributed by atoms with Crippen LogP contribution in [0.4, 0.5) is 5.69 Å². The lowest BCUT2D eigenvalue weighted by Crippen LogP contribution is -2.38. The van der Waals surface area contributed by atoms with Gasteiger partial charge in [0.2, 0.25) is 0 Å². The van der Waals surface area contributed by atoms with Crippen LogP contribution in [0.2, 0.25) is 0 Å². The number of hydrogen-bond donors (Lipinski definition) is 0. The first-order chi connectivity index (χ1) is 15.4. The highest BCUT2D eigenvalue weighted by molar-refractivity contribution is 6.05. The van der Waals surface area contributed by atoms with E-state index in [4.69, 9.17) is 9.47 Å². The molecule has 168 valence electrons. The smallest absolute Gasteiger partial charge is 0.280 e. The van der Waals surface area contributed by atoms with Crippen molar-refractivity contribution in [3.05, 3.63) is 41.2 Å². The van der Waals surface area contributed by atoms with E-state index in [-0.39, 0.29) is 23.7 Å². The molecule has 2 saturated carbocycles. The van der Waals surface area contributed by atoms with Crippen LogP contribution in [0.25, 0.3) is 0 Å². The molecule has 0 atom stereocenters. The van der Waals surface area contributed by atoms with Crippen LogP contribution in [0.1, 0.15) is 61.1 Å². The number of benzene rings is 1. The number of anilines is 1. The Morgan fingerprint density at radius 2 is 2.03 bits per heavy atom. The highest BCUT2D eigenvalue weighted by atomic mass is 16.7. The van der Waals surface area contributed by atoms with Gasteiger partial charge in [0.05, 0.1) is 26.0 Å². The molecule has 3 aliphatic rings. The molecular weight excluding hydrogens is 404 g/mol. The summed E-state index contributed by atoms with van der Waals surface area (Å²) in [6.07, 6.45) is 6.07. The van der Waals surface area contributed by atoms with Crippen molar-refractivity contribution in [2.24, 2.45) is 11.3 Å². The first-order valence-corrected chi connectivity index (χ1v) is 11.5. The summed E-state index contributed by atoms with van der Waals surface area (Å²) >= 11 is 0. The second kappa shape index (κ2) is 8.34. The number of hydrogen-bond acceptors (Lipinski definition) is 5. The SMILES string of the molecule is Cc1ccc(C#CC2CC2)cc1N(C(=O)c1cn(CC2OCC3(CC3)CO2)nn1)C(C)C. The zero-order chi connectivity index (χ0) is 22.3. The molecule has 7 nitrogen and oxygen atoms in total.